The average Bonchev–Trinajstić information content (AvgIpc) is 3.07. The fourth-order valence-electron chi connectivity index (χ4n) is 2.86. The maximum absolute atomic E-state index is 5.41. The van der Waals surface area contributed by atoms with Crippen LogP contribution in [0.5, 0.6) is 11.5 Å². The second-order valence-corrected chi connectivity index (χ2v) is 6.22. The number of ether oxygens (including phenoxy) is 2. The lowest BCUT2D eigenvalue weighted by atomic mass is 10.1. The van der Waals surface area contributed by atoms with Crippen molar-refractivity contribution in [3.8, 4) is 11.5 Å². The monoisotopic (exact) mass is 348 g/mol. The largest absolute Gasteiger partial charge is 0.454 e. The third-order valence-corrected chi connectivity index (χ3v) is 4.04. The summed E-state index contributed by atoms with van der Waals surface area (Å²) in [6.45, 7) is 4.94. The molecule has 2 N–H and O–H groups in total. The summed E-state index contributed by atoms with van der Waals surface area (Å²) >= 11 is 0. The van der Waals surface area contributed by atoms with Gasteiger partial charge in [-0.3, -0.25) is 0 Å². The van der Waals surface area contributed by atoms with Crippen LogP contribution in [0.1, 0.15) is 17.0 Å². The van der Waals surface area contributed by atoms with Gasteiger partial charge in [0.15, 0.2) is 11.5 Å². The van der Waals surface area contributed by atoms with E-state index in [9.17, 15) is 0 Å². The van der Waals surface area contributed by atoms with Crippen molar-refractivity contribution in [1.29, 1.82) is 0 Å². The second-order valence-electron chi connectivity index (χ2n) is 6.22. The smallest absolute Gasteiger partial charge is 0.231 e. The van der Waals surface area contributed by atoms with E-state index in [0.717, 1.165) is 28.8 Å². The predicted octanol–water partition coefficient (Wildman–Crippen LogP) is 4.18. The first-order valence-electron chi connectivity index (χ1n) is 8.47. The zero-order chi connectivity index (χ0) is 17.9. The van der Waals surface area contributed by atoms with Crippen molar-refractivity contribution in [2.24, 2.45) is 0 Å². The molecule has 3 aromatic rings. The molecule has 0 bridgehead atoms. The van der Waals surface area contributed by atoms with Gasteiger partial charge in [-0.2, -0.15) is 0 Å². The molecule has 0 spiro atoms. The predicted molar refractivity (Wildman–Crippen MR) is 101 cm³/mol. The van der Waals surface area contributed by atoms with Crippen LogP contribution in [0, 0.1) is 13.8 Å². The third kappa shape index (κ3) is 3.69. The first-order valence-corrected chi connectivity index (χ1v) is 8.47. The summed E-state index contributed by atoms with van der Waals surface area (Å²) in [7, 11) is 0. The molecule has 1 aromatic heterocycles. The van der Waals surface area contributed by atoms with Gasteiger partial charge in [0.05, 0.1) is 0 Å². The molecule has 0 amide bonds. The molecule has 2 heterocycles. The molecule has 0 unspecified atom stereocenters. The molecule has 0 saturated carbocycles. The van der Waals surface area contributed by atoms with Crippen LogP contribution < -0.4 is 20.1 Å². The van der Waals surface area contributed by atoms with Crippen molar-refractivity contribution < 1.29 is 9.47 Å². The van der Waals surface area contributed by atoms with E-state index in [2.05, 4.69) is 51.8 Å². The molecule has 0 radical (unpaired) electrons. The van der Waals surface area contributed by atoms with Gasteiger partial charge in [-0.05, 0) is 31.5 Å². The van der Waals surface area contributed by atoms with E-state index in [-0.39, 0.29) is 6.79 Å². The number of nitrogens with zero attached hydrogens (tertiary/aromatic N) is 2. The molecule has 1 aliphatic heterocycles. The Morgan fingerprint density at radius 1 is 0.923 bits per heavy atom. The zero-order valence-corrected chi connectivity index (χ0v) is 14.7. The van der Waals surface area contributed by atoms with Gasteiger partial charge in [-0.25, -0.2) is 9.97 Å². The zero-order valence-electron chi connectivity index (χ0n) is 14.7. The van der Waals surface area contributed by atoms with Crippen molar-refractivity contribution in [2.45, 2.75) is 20.4 Å². The van der Waals surface area contributed by atoms with E-state index in [0.29, 0.717) is 12.4 Å². The number of anilines is 3. The van der Waals surface area contributed by atoms with Crippen LogP contribution in [0.4, 0.5) is 17.3 Å². The van der Waals surface area contributed by atoms with Crippen molar-refractivity contribution in [3.63, 3.8) is 0 Å². The van der Waals surface area contributed by atoms with Crippen molar-refractivity contribution in [1.82, 2.24) is 9.97 Å². The van der Waals surface area contributed by atoms with Crippen LogP contribution in [-0.4, -0.2) is 16.8 Å². The van der Waals surface area contributed by atoms with Crippen molar-refractivity contribution >= 4 is 17.3 Å². The van der Waals surface area contributed by atoms with E-state index >= 15 is 0 Å². The van der Waals surface area contributed by atoms with E-state index in [1.807, 2.05) is 31.2 Å². The van der Waals surface area contributed by atoms with E-state index in [1.54, 1.807) is 0 Å². The number of hydrogen-bond donors (Lipinski definition) is 2. The molecular weight excluding hydrogens is 328 g/mol. The van der Waals surface area contributed by atoms with Crippen molar-refractivity contribution in [2.75, 3.05) is 17.4 Å². The summed E-state index contributed by atoms with van der Waals surface area (Å²) in [5, 5.41) is 6.66. The summed E-state index contributed by atoms with van der Waals surface area (Å²) in [5.74, 6) is 3.70. The maximum atomic E-state index is 5.41. The lowest BCUT2D eigenvalue weighted by molar-refractivity contribution is 0.174. The minimum Gasteiger partial charge on any atom is -0.454 e. The molecule has 0 aliphatic carbocycles. The maximum Gasteiger partial charge on any atom is 0.231 e. The molecule has 6 nitrogen and oxygen atoms in total. The summed E-state index contributed by atoms with van der Waals surface area (Å²) in [6, 6.07) is 16.0. The lowest BCUT2D eigenvalue weighted by Gasteiger charge is -2.11. The topological polar surface area (TPSA) is 68.3 Å². The normalized spacial score (nSPS) is 12.1. The van der Waals surface area contributed by atoms with Gasteiger partial charge in [0, 0.05) is 24.4 Å². The fraction of sp³-hybridized carbons (Fsp3) is 0.200. The minimum atomic E-state index is 0.262. The Morgan fingerprint density at radius 3 is 2.65 bits per heavy atom. The standard InChI is InChI=1S/C20H20N4O2/c1-13-4-3-5-15(8-13)11-21-19-10-20(23-14(2)22-19)24-16-6-7-17-18(9-16)26-12-25-17/h3-10H,11-12H2,1-2H3,(H2,21,22,23,24). The van der Waals surface area contributed by atoms with Gasteiger partial charge in [-0.1, -0.05) is 29.8 Å². The first-order chi connectivity index (χ1) is 12.7. The molecule has 0 saturated heterocycles. The Kier molecular flexibility index (Phi) is 4.31. The highest BCUT2D eigenvalue weighted by atomic mass is 16.7. The Morgan fingerprint density at radius 2 is 1.77 bits per heavy atom. The highest BCUT2D eigenvalue weighted by Gasteiger charge is 2.13. The number of hydrogen-bond acceptors (Lipinski definition) is 6. The molecule has 0 fully saturated rings. The quantitative estimate of drug-likeness (QED) is 0.721. The molecule has 1 aliphatic rings. The number of fused-ring (bicyclic) bond motifs is 1. The van der Waals surface area contributed by atoms with Crippen LogP contribution in [0.15, 0.2) is 48.5 Å². The van der Waals surface area contributed by atoms with E-state index < -0.39 is 0 Å². The summed E-state index contributed by atoms with van der Waals surface area (Å²) in [6.07, 6.45) is 0. The Bertz CT molecular complexity index is 943. The molecule has 0 atom stereocenters. The molecule has 6 heteroatoms. The number of rotatable bonds is 5. The number of aromatic nitrogens is 2. The number of benzene rings is 2. The van der Waals surface area contributed by atoms with Gasteiger partial charge in [0.1, 0.15) is 17.5 Å². The van der Waals surface area contributed by atoms with E-state index in [1.165, 1.54) is 11.1 Å². The molecule has 26 heavy (non-hydrogen) atoms. The highest BCUT2D eigenvalue weighted by Crippen LogP contribution is 2.35. The Hall–Kier alpha value is -3.28. The first kappa shape index (κ1) is 16.2. The van der Waals surface area contributed by atoms with Gasteiger partial charge >= 0.3 is 0 Å². The van der Waals surface area contributed by atoms with Crippen molar-refractivity contribution in [3.05, 3.63) is 65.5 Å². The lowest BCUT2D eigenvalue weighted by Crippen LogP contribution is -2.05. The van der Waals surface area contributed by atoms with Gasteiger partial charge in [-0.15, -0.1) is 0 Å². The second kappa shape index (κ2) is 6.92. The molecule has 4 rings (SSSR count). The van der Waals surface area contributed by atoms with Crippen LogP contribution in [-0.2, 0) is 6.54 Å². The summed E-state index contributed by atoms with van der Waals surface area (Å²) in [5.41, 5.74) is 3.34. The SMILES string of the molecule is Cc1cccc(CNc2cc(Nc3ccc4c(c3)OCO4)nc(C)n2)c1. The summed E-state index contributed by atoms with van der Waals surface area (Å²) < 4.78 is 10.8. The molecular formula is C20H20N4O2. The van der Waals surface area contributed by atoms with Crippen LogP contribution >= 0.6 is 0 Å². The molecule has 132 valence electrons. The van der Waals surface area contributed by atoms with Crippen LogP contribution in [0.25, 0.3) is 0 Å². The Labute approximate surface area is 152 Å². The number of nitrogens with one attached hydrogen (secondary N) is 2. The summed E-state index contributed by atoms with van der Waals surface area (Å²) in [4.78, 5) is 8.92. The highest BCUT2D eigenvalue weighted by molar-refractivity contribution is 5.63. The van der Waals surface area contributed by atoms with E-state index in [4.69, 9.17) is 9.47 Å². The average molecular weight is 348 g/mol. The third-order valence-electron chi connectivity index (χ3n) is 4.04. The fourth-order valence-corrected chi connectivity index (χ4v) is 2.86. The number of aryl methyl sites for hydroxylation is 2. The van der Waals surface area contributed by atoms with Gasteiger partial charge in [0.25, 0.3) is 0 Å². The minimum absolute atomic E-state index is 0.262. The van der Waals surface area contributed by atoms with Gasteiger partial charge in [0.2, 0.25) is 6.79 Å². The molecule has 2 aromatic carbocycles. The van der Waals surface area contributed by atoms with Crippen LogP contribution in [0.3, 0.4) is 0 Å². The van der Waals surface area contributed by atoms with Gasteiger partial charge < -0.3 is 20.1 Å². The Balaban J connectivity index is 1.49. The van der Waals surface area contributed by atoms with Crippen LogP contribution in [0.2, 0.25) is 0 Å².